The molecule has 5 heteroatoms. The first-order chi connectivity index (χ1) is 9.72. The minimum absolute atomic E-state index is 0.0237. The molecule has 1 aromatic rings. The normalized spacial score (nSPS) is 22.5. The molecule has 1 heterocycles. The number of hydrogen-bond donors (Lipinski definition) is 2. The van der Waals surface area contributed by atoms with Crippen molar-refractivity contribution in [2.24, 2.45) is 0 Å². The fourth-order valence-corrected chi connectivity index (χ4v) is 2.35. The van der Waals surface area contributed by atoms with Gasteiger partial charge in [-0.15, -0.1) is 0 Å². The van der Waals surface area contributed by atoms with Gasteiger partial charge in [-0.1, -0.05) is 24.3 Å². The maximum Gasteiger partial charge on any atom is 0.240 e. The maximum absolute atomic E-state index is 12.2. The first-order valence-corrected chi connectivity index (χ1v) is 6.91. The Morgan fingerprint density at radius 1 is 1.45 bits per heavy atom. The Hall–Kier alpha value is -1.43. The first-order valence-electron chi connectivity index (χ1n) is 6.91. The monoisotopic (exact) mass is 278 g/mol. The molecule has 1 saturated heterocycles. The van der Waals surface area contributed by atoms with Gasteiger partial charge < -0.3 is 20.1 Å². The lowest BCUT2D eigenvalue weighted by atomic mass is 10.1. The van der Waals surface area contributed by atoms with Gasteiger partial charge in [0.15, 0.2) is 0 Å². The first kappa shape index (κ1) is 15.0. The van der Waals surface area contributed by atoms with Gasteiger partial charge in [0.05, 0.1) is 19.3 Å². The lowest BCUT2D eigenvalue weighted by Crippen LogP contribution is -2.55. The average molecular weight is 278 g/mol. The molecular formula is C15H22N2O3. The fourth-order valence-electron chi connectivity index (χ4n) is 2.35. The molecule has 20 heavy (non-hydrogen) atoms. The highest BCUT2D eigenvalue weighted by Crippen LogP contribution is 2.10. The summed E-state index contributed by atoms with van der Waals surface area (Å²) in [6.45, 7) is 4.33. The quantitative estimate of drug-likeness (QED) is 0.837. The summed E-state index contributed by atoms with van der Waals surface area (Å²) in [4.78, 5) is 12.2. The van der Waals surface area contributed by atoms with E-state index in [4.69, 9.17) is 9.47 Å². The van der Waals surface area contributed by atoms with Crippen molar-refractivity contribution in [2.45, 2.75) is 32.2 Å². The van der Waals surface area contributed by atoms with Gasteiger partial charge in [-0.2, -0.15) is 0 Å². The Kier molecular flexibility index (Phi) is 5.52. The maximum atomic E-state index is 12.2. The smallest absolute Gasteiger partial charge is 0.240 e. The molecule has 0 radical (unpaired) electrons. The Bertz CT molecular complexity index is 450. The number of ether oxygens (including phenoxy) is 2. The number of amides is 1. The van der Waals surface area contributed by atoms with E-state index in [0.717, 1.165) is 11.1 Å². The molecule has 0 saturated carbocycles. The van der Waals surface area contributed by atoms with Crippen LogP contribution in [0.25, 0.3) is 0 Å². The number of hydrogen-bond acceptors (Lipinski definition) is 4. The molecule has 1 aliphatic heterocycles. The second-order valence-electron chi connectivity index (χ2n) is 4.93. The molecule has 5 nitrogen and oxygen atoms in total. The lowest BCUT2D eigenvalue weighted by molar-refractivity contribution is -0.129. The van der Waals surface area contributed by atoms with E-state index in [2.05, 4.69) is 10.6 Å². The summed E-state index contributed by atoms with van der Waals surface area (Å²) in [6.07, 6.45) is -0.0991. The van der Waals surface area contributed by atoms with Gasteiger partial charge in [0.1, 0.15) is 6.04 Å². The highest BCUT2D eigenvalue weighted by Gasteiger charge is 2.27. The Morgan fingerprint density at radius 3 is 2.90 bits per heavy atom. The van der Waals surface area contributed by atoms with Crippen LogP contribution in [-0.2, 0) is 27.4 Å². The third-order valence-electron chi connectivity index (χ3n) is 3.47. The van der Waals surface area contributed by atoms with E-state index in [0.29, 0.717) is 26.3 Å². The predicted molar refractivity (Wildman–Crippen MR) is 76.2 cm³/mol. The molecule has 0 unspecified atom stereocenters. The zero-order valence-corrected chi connectivity index (χ0v) is 12.0. The number of methoxy groups -OCH3 is 1. The van der Waals surface area contributed by atoms with Crippen LogP contribution in [0.1, 0.15) is 18.1 Å². The molecule has 0 bridgehead atoms. The Morgan fingerprint density at radius 2 is 2.20 bits per heavy atom. The third-order valence-corrected chi connectivity index (χ3v) is 3.47. The standard InChI is InChI=1S/C15H22N2O3/c1-11-14(16-7-8-20-11)15(18)17-9-12-5-3-4-6-13(12)10-19-2/h3-6,11,14,16H,7-10H2,1-2H3,(H,17,18)/t11-,14+/m1/s1. The average Bonchev–Trinajstić information content (AvgIpc) is 2.47. The van der Waals surface area contributed by atoms with Gasteiger partial charge in [-0.05, 0) is 18.1 Å². The number of rotatable bonds is 5. The topological polar surface area (TPSA) is 59.6 Å². The lowest BCUT2D eigenvalue weighted by Gasteiger charge is -2.29. The van der Waals surface area contributed by atoms with Crippen molar-refractivity contribution < 1.29 is 14.3 Å². The van der Waals surface area contributed by atoms with E-state index in [1.54, 1.807) is 7.11 Å². The minimum atomic E-state index is -0.279. The van der Waals surface area contributed by atoms with Gasteiger partial charge in [0.2, 0.25) is 5.91 Å². The van der Waals surface area contributed by atoms with E-state index in [1.807, 2.05) is 31.2 Å². The molecule has 0 spiro atoms. The SMILES string of the molecule is COCc1ccccc1CNC(=O)[C@H]1NCCO[C@@H]1C. The van der Waals surface area contributed by atoms with Crippen molar-refractivity contribution in [2.75, 3.05) is 20.3 Å². The van der Waals surface area contributed by atoms with Gasteiger partial charge in [-0.3, -0.25) is 4.79 Å². The molecular weight excluding hydrogens is 256 g/mol. The summed E-state index contributed by atoms with van der Waals surface area (Å²) in [5.41, 5.74) is 2.17. The second-order valence-corrected chi connectivity index (χ2v) is 4.93. The summed E-state index contributed by atoms with van der Waals surface area (Å²) in [7, 11) is 1.67. The van der Waals surface area contributed by atoms with Crippen LogP contribution in [0.5, 0.6) is 0 Å². The van der Waals surface area contributed by atoms with Crippen LogP contribution in [0.15, 0.2) is 24.3 Å². The fraction of sp³-hybridized carbons (Fsp3) is 0.533. The number of morpholine rings is 1. The van der Waals surface area contributed by atoms with Crippen molar-refractivity contribution >= 4 is 5.91 Å². The van der Waals surface area contributed by atoms with Gasteiger partial charge in [0.25, 0.3) is 0 Å². The number of carbonyl (C=O) groups is 1. The number of benzene rings is 1. The molecule has 0 aromatic heterocycles. The summed E-state index contributed by atoms with van der Waals surface area (Å²) in [6, 6.07) is 7.67. The molecule has 2 atom stereocenters. The Labute approximate surface area is 119 Å². The highest BCUT2D eigenvalue weighted by molar-refractivity contribution is 5.82. The second kappa shape index (κ2) is 7.38. The minimum Gasteiger partial charge on any atom is -0.380 e. The van der Waals surface area contributed by atoms with Crippen LogP contribution in [0, 0.1) is 0 Å². The zero-order chi connectivity index (χ0) is 14.4. The predicted octanol–water partition coefficient (Wildman–Crippen LogP) is 0.826. The van der Waals surface area contributed by atoms with Crippen LogP contribution in [-0.4, -0.2) is 38.3 Å². The van der Waals surface area contributed by atoms with Gasteiger partial charge in [-0.25, -0.2) is 0 Å². The van der Waals surface area contributed by atoms with Crippen LogP contribution >= 0.6 is 0 Å². The van der Waals surface area contributed by atoms with Crippen LogP contribution < -0.4 is 10.6 Å². The molecule has 0 aliphatic carbocycles. The molecule has 110 valence electrons. The van der Waals surface area contributed by atoms with Crippen molar-refractivity contribution in [3.8, 4) is 0 Å². The Balaban J connectivity index is 1.92. The summed E-state index contributed by atoms with van der Waals surface area (Å²) >= 11 is 0. The molecule has 1 amide bonds. The summed E-state index contributed by atoms with van der Waals surface area (Å²) in [5, 5.41) is 6.14. The van der Waals surface area contributed by atoms with E-state index in [9.17, 15) is 4.79 Å². The van der Waals surface area contributed by atoms with E-state index in [1.165, 1.54) is 0 Å². The number of nitrogens with one attached hydrogen (secondary N) is 2. The summed E-state index contributed by atoms with van der Waals surface area (Å²) < 4.78 is 10.6. The van der Waals surface area contributed by atoms with Gasteiger partial charge >= 0.3 is 0 Å². The van der Waals surface area contributed by atoms with Crippen molar-refractivity contribution in [3.63, 3.8) is 0 Å². The van der Waals surface area contributed by atoms with Crippen LogP contribution in [0.3, 0.4) is 0 Å². The third kappa shape index (κ3) is 3.79. The molecule has 1 aromatic carbocycles. The molecule has 2 rings (SSSR count). The highest BCUT2D eigenvalue weighted by atomic mass is 16.5. The van der Waals surface area contributed by atoms with E-state index >= 15 is 0 Å². The molecule has 1 aliphatic rings. The van der Waals surface area contributed by atoms with Crippen LogP contribution in [0.4, 0.5) is 0 Å². The van der Waals surface area contributed by atoms with Gasteiger partial charge in [0, 0.05) is 20.2 Å². The van der Waals surface area contributed by atoms with Crippen LogP contribution in [0.2, 0.25) is 0 Å². The van der Waals surface area contributed by atoms with Crippen molar-refractivity contribution in [1.82, 2.24) is 10.6 Å². The van der Waals surface area contributed by atoms with E-state index < -0.39 is 0 Å². The van der Waals surface area contributed by atoms with Crippen molar-refractivity contribution in [3.05, 3.63) is 35.4 Å². The van der Waals surface area contributed by atoms with E-state index in [-0.39, 0.29) is 18.1 Å². The largest absolute Gasteiger partial charge is 0.380 e. The molecule has 2 N–H and O–H groups in total. The number of carbonyl (C=O) groups excluding carboxylic acids is 1. The van der Waals surface area contributed by atoms with Crippen molar-refractivity contribution in [1.29, 1.82) is 0 Å². The zero-order valence-electron chi connectivity index (χ0n) is 12.0. The summed E-state index contributed by atoms with van der Waals surface area (Å²) in [5.74, 6) is -0.0237. The molecule has 1 fully saturated rings.